The molecule has 0 saturated heterocycles. The molecule has 0 aliphatic carbocycles. The fourth-order valence-corrected chi connectivity index (χ4v) is 3.46. The van der Waals surface area contributed by atoms with E-state index < -0.39 is 17.6 Å². The number of imide groups is 1. The minimum absolute atomic E-state index is 0.197. The Morgan fingerprint density at radius 1 is 0.871 bits per heavy atom. The van der Waals surface area contributed by atoms with E-state index in [4.69, 9.17) is 14.2 Å². The van der Waals surface area contributed by atoms with Crippen molar-refractivity contribution in [2.24, 2.45) is 0 Å². The van der Waals surface area contributed by atoms with Gasteiger partial charge in [0.15, 0.2) is 0 Å². The first-order chi connectivity index (χ1) is 15.0. The molecule has 1 aliphatic rings. The lowest BCUT2D eigenvalue weighted by molar-refractivity contribution is -0.120. The Balaban J connectivity index is 2.15. The highest BCUT2D eigenvalue weighted by atomic mass is 19.1. The van der Waals surface area contributed by atoms with Crippen molar-refractivity contribution in [1.29, 1.82) is 0 Å². The number of para-hydroxylation sites is 2. The van der Waals surface area contributed by atoms with Crippen LogP contribution in [0.5, 0.6) is 5.75 Å². The maximum atomic E-state index is 13.6. The molecular weight excluding hydrogens is 403 g/mol. The number of anilines is 1. The Kier molecular flexibility index (Phi) is 7.38. The van der Waals surface area contributed by atoms with E-state index in [1.165, 1.54) is 31.4 Å². The summed E-state index contributed by atoms with van der Waals surface area (Å²) in [6, 6.07) is 12.3. The monoisotopic (exact) mass is 428 g/mol. The van der Waals surface area contributed by atoms with Gasteiger partial charge in [-0.05, 0) is 29.8 Å². The Morgan fingerprint density at radius 3 is 2.06 bits per heavy atom. The lowest BCUT2D eigenvalue weighted by Gasteiger charge is -2.26. The molecule has 164 valence electrons. The maximum absolute atomic E-state index is 13.6. The van der Waals surface area contributed by atoms with Crippen LogP contribution in [-0.2, 0) is 19.1 Å². The summed E-state index contributed by atoms with van der Waals surface area (Å²) in [5.74, 6) is -1.03. The van der Waals surface area contributed by atoms with E-state index in [0.717, 1.165) is 4.90 Å². The first-order valence-corrected chi connectivity index (χ1v) is 9.78. The van der Waals surface area contributed by atoms with Gasteiger partial charge in [-0.1, -0.05) is 24.3 Å². The van der Waals surface area contributed by atoms with Crippen LogP contribution in [0.2, 0.25) is 0 Å². The highest BCUT2D eigenvalue weighted by Gasteiger charge is 2.43. The summed E-state index contributed by atoms with van der Waals surface area (Å²) in [5, 5.41) is 0. The first-order valence-electron chi connectivity index (χ1n) is 9.78. The van der Waals surface area contributed by atoms with Crippen LogP contribution in [0.1, 0.15) is 5.56 Å². The summed E-state index contributed by atoms with van der Waals surface area (Å²) in [6.45, 7) is 1.44. The van der Waals surface area contributed by atoms with Crippen LogP contribution in [-0.4, -0.2) is 64.3 Å². The van der Waals surface area contributed by atoms with E-state index in [0.29, 0.717) is 43.3 Å². The second kappa shape index (κ2) is 10.2. The van der Waals surface area contributed by atoms with Crippen LogP contribution in [0.25, 0.3) is 5.57 Å². The van der Waals surface area contributed by atoms with Gasteiger partial charge in [-0.3, -0.25) is 9.59 Å². The van der Waals surface area contributed by atoms with E-state index in [1.807, 2.05) is 0 Å². The minimum Gasteiger partial charge on any atom is -0.495 e. The van der Waals surface area contributed by atoms with Crippen LogP contribution in [0.3, 0.4) is 0 Å². The summed E-state index contributed by atoms with van der Waals surface area (Å²) in [4.78, 5) is 30.0. The predicted octanol–water partition coefficient (Wildman–Crippen LogP) is 2.71. The second-order valence-corrected chi connectivity index (χ2v) is 6.82. The summed E-state index contributed by atoms with van der Waals surface area (Å²) in [6.07, 6.45) is 0. The third-order valence-corrected chi connectivity index (χ3v) is 4.97. The fourth-order valence-electron chi connectivity index (χ4n) is 3.46. The molecule has 0 radical (unpaired) electrons. The lowest BCUT2D eigenvalue weighted by atomic mass is 10.0. The standard InChI is InChI=1S/C23H25FN2O5/c1-29-14-12-25(13-15-30-2)21-20(16-8-10-17(24)11-9-16)22(27)26(23(21)28)18-6-4-5-7-19(18)31-3/h4-11H,12-15H2,1-3H3. The molecule has 0 unspecified atom stereocenters. The number of rotatable bonds is 10. The molecule has 0 N–H and O–H groups in total. The van der Waals surface area contributed by atoms with E-state index in [9.17, 15) is 14.0 Å². The summed E-state index contributed by atoms with van der Waals surface area (Å²) in [5.41, 5.74) is 1.21. The lowest BCUT2D eigenvalue weighted by Crippen LogP contribution is -2.37. The Labute approximate surface area is 180 Å². The summed E-state index contributed by atoms with van der Waals surface area (Å²) >= 11 is 0. The van der Waals surface area contributed by atoms with Crippen molar-refractivity contribution < 1.29 is 28.2 Å². The van der Waals surface area contributed by atoms with Crippen molar-refractivity contribution in [1.82, 2.24) is 4.90 Å². The number of nitrogens with zero attached hydrogens (tertiary/aromatic N) is 2. The Morgan fingerprint density at radius 2 is 1.48 bits per heavy atom. The Bertz CT molecular complexity index is 966. The first kappa shape index (κ1) is 22.5. The van der Waals surface area contributed by atoms with Crippen LogP contribution < -0.4 is 9.64 Å². The van der Waals surface area contributed by atoms with Gasteiger partial charge in [0.05, 0.1) is 31.6 Å². The molecule has 0 bridgehead atoms. The second-order valence-electron chi connectivity index (χ2n) is 6.82. The molecule has 0 spiro atoms. The molecule has 1 aliphatic heterocycles. The number of halogens is 1. The van der Waals surface area contributed by atoms with Gasteiger partial charge >= 0.3 is 0 Å². The summed E-state index contributed by atoms with van der Waals surface area (Å²) in [7, 11) is 4.60. The van der Waals surface area contributed by atoms with Crippen molar-refractivity contribution in [3.63, 3.8) is 0 Å². The van der Waals surface area contributed by atoms with Gasteiger partial charge in [-0.2, -0.15) is 0 Å². The van der Waals surface area contributed by atoms with Gasteiger partial charge in [-0.25, -0.2) is 9.29 Å². The SMILES string of the molecule is COCCN(CCOC)C1=C(c2ccc(F)cc2)C(=O)N(c2ccccc2OC)C1=O. The number of carbonyl (C=O) groups is 2. The largest absolute Gasteiger partial charge is 0.495 e. The van der Waals surface area contributed by atoms with E-state index >= 15 is 0 Å². The molecule has 0 aromatic heterocycles. The third-order valence-electron chi connectivity index (χ3n) is 4.97. The van der Waals surface area contributed by atoms with Crippen molar-refractivity contribution in [3.05, 3.63) is 65.6 Å². The number of ether oxygens (including phenoxy) is 3. The zero-order chi connectivity index (χ0) is 22.4. The summed E-state index contributed by atoms with van der Waals surface area (Å²) < 4.78 is 29.3. The predicted molar refractivity (Wildman–Crippen MR) is 114 cm³/mol. The van der Waals surface area contributed by atoms with Crippen LogP contribution >= 0.6 is 0 Å². The number of hydrogen-bond donors (Lipinski definition) is 0. The van der Waals surface area contributed by atoms with Gasteiger partial charge in [0.2, 0.25) is 0 Å². The van der Waals surface area contributed by atoms with Crippen molar-refractivity contribution in [3.8, 4) is 5.75 Å². The van der Waals surface area contributed by atoms with Crippen molar-refractivity contribution >= 4 is 23.1 Å². The van der Waals surface area contributed by atoms with E-state index in [1.54, 1.807) is 43.4 Å². The zero-order valence-corrected chi connectivity index (χ0v) is 17.8. The molecule has 31 heavy (non-hydrogen) atoms. The number of methoxy groups -OCH3 is 3. The van der Waals surface area contributed by atoms with Gasteiger partial charge in [0, 0.05) is 27.3 Å². The fraction of sp³-hybridized carbons (Fsp3) is 0.304. The normalized spacial score (nSPS) is 13.9. The molecule has 7 nitrogen and oxygen atoms in total. The van der Waals surface area contributed by atoms with E-state index in [2.05, 4.69) is 0 Å². The van der Waals surface area contributed by atoms with Crippen molar-refractivity contribution in [2.75, 3.05) is 52.5 Å². The van der Waals surface area contributed by atoms with Crippen LogP contribution in [0.4, 0.5) is 10.1 Å². The molecule has 2 aromatic carbocycles. The maximum Gasteiger partial charge on any atom is 0.282 e. The van der Waals surface area contributed by atoms with Crippen LogP contribution in [0.15, 0.2) is 54.2 Å². The topological polar surface area (TPSA) is 68.3 Å². The minimum atomic E-state index is -0.504. The number of carbonyl (C=O) groups excluding carboxylic acids is 2. The van der Waals surface area contributed by atoms with Gasteiger partial charge in [0.1, 0.15) is 17.3 Å². The Hall–Kier alpha value is -3.23. The van der Waals surface area contributed by atoms with Gasteiger partial charge in [-0.15, -0.1) is 0 Å². The average Bonchev–Trinajstić information content (AvgIpc) is 3.04. The average molecular weight is 428 g/mol. The molecule has 2 aromatic rings. The quantitative estimate of drug-likeness (QED) is 0.542. The number of benzene rings is 2. The molecule has 0 saturated carbocycles. The third kappa shape index (κ3) is 4.60. The zero-order valence-electron chi connectivity index (χ0n) is 17.8. The molecule has 3 rings (SSSR count). The molecule has 0 fully saturated rings. The van der Waals surface area contributed by atoms with Crippen molar-refractivity contribution in [2.45, 2.75) is 0 Å². The molecule has 8 heteroatoms. The highest BCUT2D eigenvalue weighted by Crippen LogP contribution is 2.38. The molecule has 0 atom stereocenters. The highest BCUT2D eigenvalue weighted by molar-refractivity contribution is 6.45. The molecule has 1 heterocycles. The molecular formula is C23H25FN2O5. The van der Waals surface area contributed by atoms with Gasteiger partial charge < -0.3 is 19.1 Å². The van der Waals surface area contributed by atoms with Gasteiger partial charge in [0.25, 0.3) is 11.8 Å². The smallest absolute Gasteiger partial charge is 0.282 e. The molecule has 2 amide bonds. The van der Waals surface area contributed by atoms with E-state index in [-0.39, 0.29) is 11.3 Å². The number of amides is 2. The van der Waals surface area contributed by atoms with Crippen LogP contribution in [0, 0.1) is 5.82 Å². The number of hydrogen-bond acceptors (Lipinski definition) is 6.